The van der Waals surface area contributed by atoms with E-state index in [0.717, 1.165) is 5.92 Å². The molecule has 0 amide bonds. The van der Waals surface area contributed by atoms with Crippen LogP contribution in [0.1, 0.15) is 16.2 Å². The van der Waals surface area contributed by atoms with Crippen molar-refractivity contribution in [1.29, 1.82) is 0 Å². The van der Waals surface area contributed by atoms with Crippen LogP contribution in [0.4, 0.5) is 0 Å². The van der Waals surface area contributed by atoms with Gasteiger partial charge in [-0.25, -0.2) is 0 Å². The first kappa shape index (κ1) is 9.69. The Morgan fingerprint density at radius 2 is 2.54 bits per heavy atom. The summed E-state index contributed by atoms with van der Waals surface area (Å²) in [5, 5.41) is 3.41. The molecule has 1 aliphatic heterocycles. The minimum atomic E-state index is 0.856. The predicted octanol–water partition coefficient (Wildman–Crippen LogP) is 2.97. The summed E-state index contributed by atoms with van der Waals surface area (Å²) >= 11 is 5.54. The topological polar surface area (TPSA) is 12.0 Å². The van der Waals surface area contributed by atoms with Crippen molar-refractivity contribution in [3.05, 3.63) is 20.3 Å². The highest BCUT2D eigenvalue weighted by molar-refractivity contribution is 9.10. The van der Waals surface area contributed by atoms with Gasteiger partial charge in [0.25, 0.3) is 0 Å². The minimum Gasteiger partial charge on any atom is -0.316 e. The third-order valence-corrected chi connectivity index (χ3v) is 4.56. The van der Waals surface area contributed by atoms with E-state index in [1.807, 2.05) is 11.3 Å². The van der Waals surface area contributed by atoms with Crippen molar-refractivity contribution in [3.8, 4) is 0 Å². The second kappa shape index (κ2) is 4.11. The first-order valence-electron chi connectivity index (χ1n) is 4.71. The zero-order chi connectivity index (χ0) is 9.26. The van der Waals surface area contributed by atoms with E-state index < -0.39 is 0 Å². The Morgan fingerprint density at radius 3 is 3.08 bits per heavy atom. The Morgan fingerprint density at radius 1 is 1.69 bits per heavy atom. The van der Waals surface area contributed by atoms with Gasteiger partial charge in [-0.3, -0.25) is 0 Å². The first-order valence-corrected chi connectivity index (χ1v) is 6.32. The number of rotatable bonds is 2. The van der Waals surface area contributed by atoms with E-state index >= 15 is 0 Å². The SMILES string of the molecule is Cc1cc(Br)c(CC2CCNC2)s1. The molecule has 1 N–H and O–H groups in total. The van der Waals surface area contributed by atoms with E-state index in [4.69, 9.17) is 0 Å². The van der Waals surface area contributed by atoms with Gasteiger partial charge in [-0.05, 0) is 60.8 Å². The molecule has 0 spiro atoms. The van der Waals surface area contributed by atoms with Gasteiger partial charge in [0.15, 0.2) is 0 Å². The van der Waals surface area contributed by atoms with Crippen molar-refractivity contribution in [2.75, 3.05) is 13.1 Å². The van der Waals surface area contributed by atoms with Gasteiger partial charge < -0.3 is 5.32 Å². The fraction of sp³-hybridized carbons (Fsp3) is 0.600. The minimum absolute atomic E-state index is 0.856. The predicted molar refractivity (Wildman–Crippen MR) is 61.4 cm³/mol. The number of thiophene rings is 1. The fourth-order valence-electron chi connectivity index (χ4n) is 1.82. The maximum atomic E-state index is 3.61. The van der Waals surface area contributed by atoms with Crippen LogP contribution in [0, 0.1) is 12.8 Å². The molecule has 0 aromatic carbocycles. The summed E-state index contributed by atoms with van der Waals surface area (Å²) in [4.78, 5) is 2.93. The van der Waals surface area contributed by atoms with E-state index in [9.17, 15) is 0 Å². The van der Waals surface area contributed by atoms with E-state index in [-0.39, 0.29) is 0 Å². The van der Waals surface area contributed by atoms with Crippen LogP contribution in [-0.4, -0.2) is 13.1 Å². The summed E-state index contributed by atoms with van der Waals surface area (Å²) in [6.45, 7) is 4.57. The Labute approximate surface area is 91.7 Å². The molecule has 1 aromatic rings. The van der Waals surface area contributed by atoms with Gasteiger partial charge in [0, 0.05) is 14.2 Å². The van der Waals surface area contributed by atoms with Crippen molar-refractivity contribution in [1.82, 2.24) is 5.32 Å². The summed E-state index contributed by atoms with van der Waals surface area (Å²) in [7, 11) is 0. The summed E-state index contributed by atoms with van der Waals surface area (Å²) in [5.41, 5.74) is 0. The molecular weight excluding hydrogens is 246 g/mol. The van der Waals surface area contributed by atoms with Gasteiger partial charge in [0.2, 0.25) is 0 Å². The largest absolute Gasteiger partial charge is 0.316 e. The molecule has 0 saturated carbocycles. The molecule has 13 heavy (non-hydrogen) atoms. The van der Waals surface area contributed by atoms with Gasteiger partial charge in [0.1, 0.15) is 0 Å². The lowest BCUT2D eigenvalue weighted by molar-refractivity contribution is 0.584. The average Bonchev–Trinajstić information content (AvgIpc) is 2.63. The van der Waals surface area contributed by atoms with Crippen LogP contribution < -0.4 is 5.32 Å². The Bertz CT molecular complexity index is 289. The summed E-state index contributed by atoms with van der Waals surface area (Å²) in [6.07, 6.45) is 2.58. The maximum Gasteiger partial charge on any atom is 0.0317 e. The maximum absolute atomic E-state index is 3.61. The van der Waals surface area contributed by atoms with E-state index in [1.165, 1.54) is 40.2 Å². The molecule has 2 rings (SSSR count). The van der Waals surface area contributed by atoms with E-state index in [1.54, 1.807) is 0 Å². The molecule has 0 bridgehead atoms. The molecule has 1 fully saturated rings. The molecule has 0 radical (unpaired) electrons. The molecule has 1 aliphatic rings. The number of hydrogen-bond donors (Lipinski definition) is 1. The summed E-state index contributed by atoms with van der Waals surface area (Å²) in [5.74, 6) is 0.856. The average molecular weight is 260 g/mol. The van der Waals surface area contributed by atoms with Crippen LogP contribution in [-0.2, 0) is 6.42 Å². The second-order valence-corrected chi connectivity index (χ2v) is 5.89. The molecule has 1 saturated heterocycles. The Hall–Kier alpha value is 0.140. The summed E-state index contributed by atoms with van der Waals surface area (Å²) < 4.78 is 1.31. The highest BCUT2D eigenvalue weighted by atomic mass is 79.9. The molecule has 1 aromatic heterocycles. The van der Waals surface area contributed by atoms with Crippen LogP contribution in [0.2, 0.25) is 0 Å². The van der Waals surface area contributed by atoms with Crippen molar-refractivity contribution in [3.63, 3.8) is 0 Å². The van der Waals surface area contributed by atoms with Crippen LogP contribution in [0.3, 0.4) is 0 Å². The third-order valence-electron chi connectivity index (χ3n) is 2.52. The number of aryl methyl sites for hydroxylation is 1. The van der Waals surface area contributed by atoms with Crippen molar-refractivity contribution in [2.45, 2.75) is 19.8 Å². The number of halogens is 1. The zero-order valence-electron chi connectivity index (χ0n) is 7.77. The van der Waals surface area contributed by atoms with E-state index in [0.29, 0.717) is 0 Å². The fourth-order valence-corrected chi connectivity index (χ4v) is 3.76. The van der Waals surface area contributed by atoms with Crippen LogP contribution in [0.5, 0.6) is 0 Å². The highest BCUT2D eigenvalue weighted by Gasteiger charge is 2.17. The van der Waals surface area contributed by atoms with E-state index in [2.05, 4.69) is 34.2 Å². The van der Waals surface area contributed by atoms with Crippen molar-refractivity contribution in [2.24, 2.45) is 5.92 Å². The van der Waals surface area contributed by atoms with Crippen LogP contribution in [0.15, 0.2) is 10.5 Å². The first-order chi connectivity index (χ1) is 6.25. The lowest BCUT2D eigenvalue weighted by Gasteiger charge is -2.05. The number of nitrogens with one attached hydrogen (secondary N) is 1. The van der Waals surface area contributed by atoms with Gasteiger partial charge in [0.05, 0.1) is 0 Å². The Balaban J connectivity index is 2.03. The molecule has 2 heterocycles. The lowest BCUT2D eigenvalue weighted by Crippen LogP contribution is -2.10. The van der Waals surface area contributed by atoms with Crippen LogP contribution >= 0.6 is 27.3 Å². The van der Waals surface area contributed by atoms with Gasteiger partial charge in [-0.1, -0.05) is 0 Å². The van der Waals surface area contributed by atoms with Crippen LogP contribution in [0.25, 0.3) is 0 Å². The molecule has 3 heteroatoms. The molecule has 0 aliphatic carbocycles. The van der Waals surface area contributed by atoms with Gasteiger partial charge in [-0.15, -0.1) is 11.3 Å². The summed E-state index contributed by atoms with van der Waals surface area (Å²) in [6, 6.07) is 2.22. The lowest BCUT2D eigenvalue weighted by atomic mass is 10.0. The molecular formula is C10H14BrNS. The highest BCUT2D eigenvalue weighted by Crippen LogP contribution is 2.30. The smallest absolute Gasteiger partial charge is 0.0317 e. The second-order valence-electron chi connectivity index (χ2n) is 3.69. The molecule has 1 atom stereocenters. The van der Waals surface area contributed by atoms with Gasteiger partial charge >= 0.3 is 0 Å². The quantitative estimate of drug-likeness (QED) is 0.862. The standard InChI is InChI=1S/C10H14BrNS/c1-7-4-9(11)10(13-7)5-8-2-3-12-6-8/h4,8,12H,2-3,5-6H2,1H3. The zero-order valence-corrected chi connectivity index (χ0v) is 10.2. The monoisotopic (exact) mass is 259 g/mol. The number of hydrogen-bond acceptors (Lipinski definition) is 2. The molecule has 1 unspecified atom stereocenters. The van der Waals surface area contributed by atoms with Crippen molar-refractivity contribution < 1.29 is 0 Å². The Kier molecular flexibility index (Phi) is 3.06. The normalized spacial score (nSPS) is 22.5. The van der Waals surface area contributed by atoms with Crippen molar-refractivity contribution >= 4 is 27.3 Å². The third kappa shape index (κ3) is 2.33. The van der Waals surface area contributed by atoms with Gasteiger partial charge in [-0.2, -0.15) is 0 Å². The molecule has 72 valence electrons. The molecule has 1 nitrogen and oxygen atoms in total.